The molecule has 0 amide bonds. The average molecular weight is 372 g/mol. The lowest BCUT2D eigenvalue weighted by atomic mass is 10.1. The molecule has 3 atom stereocenters. The van der Waals surface area contributed by atoms with E-state index in [1.165, 1.54) is 0 Å². The van der Waals surface area contributed by atoms with Gasteiger partial charge in [0.1, 0.15) is 18.0 Å². The molecular weight excluding hydrogens is 355 g/mol. The number of nitrogens with one attached hydrogen (secondary N) is 1. The zero-order valence-electron chi connectivity index (χ0n) is 12.8. The number of nitrogens with two attached hydrogens (primary N) is 1. The third-order valence-electron chi connectivity index (χ3n) is 3.64. The Balaban J connectivity index is 1.98. The van der Waals surface area contributed by atoms with E-state index >= 15 is 0 Å². The molecule has 1 aromatic rings. The molecule has 7 nitrogen and oxygen atoms in total. The Labute approximate surface area is 138 Å². The number of alkyl halides is 5. The van der Waals surface area contributed by atoms with Crippen molar-refractivity contribution < 1.29 is 31.8 Å². The Bertz CT molecular complexity index is 651. The maximum Gasteiger partial charge on any atom is 0.389 e. The average Bonchev–Trinajstić information content (AvgIpc) is 2.69. The summed E-state index contributed by atoms with van der Waals surface area (Å²) in [5.41, 5.74) is 4.21. The van der Waals surface area contributed by atoms with Crippen LogP contribution in [0.5, 0.6) is 0 Å². The highest BCUT2D eigenvalue weighted by molar-refractivity contribution is 5.23. The van der Waals surface area contributed by atoms with Crippen molar-refractivity contribution in [2.75, 3.05) is 18.8 Å². The van der Waals surface area contributed by atoms with Crippen LogP contribution in [0.15, 0.2) is 17.1 Å². The molecule has 2 heterocycles. The SMILES string of the molecule is Nc1ccn([C@@H]2O[C@H](CNCCCC(F)(F)F)[C@@H](O)C2(F)F)c(=O)n1. The molecule has 1 aromatic heterocycles. The summed E-state index contributed by atoms with van der Waals surface area (Å²) < 4.78 is 69.9. The van der Waals surface area contributed by atoms with Gasteiger partial charge in [-0.2, -0.15) is 26.9 Å². The standard InChI is InChI=1S/C13H17F5N4O3/c14-12(15,16)3-1-4-20-6-7-9(23)13(17,18)10(25-7)22-5-2-8(19)21-11(22)24/h2,5,7,9-10,20,23H,1,3-4,6H2,(H2,19,21,24)/t7-,9-,10-/m1/s1. The molecule has 1 fully saturated rings. The van der Waals surface area contributed by atoms with Crippen LogP contribution < -0.4 is 16.7 Å². The van der Waals surface area contributed by atoms with Crippen LogP contribution in [0, 0.1) is 0 Å². The smallest absolute Gasteiger partial charge is 0.384 e. The van der Waals surface area contributed by atoms with Gasteiger partial charge in [-0.3, -0.25) is 4.57 Å². The van der Waals surface area contributed by atoms with Crippen molar-refractivity contribution in [1.29, 1.82) is 0 Å². The predicted molar refractivity (Wildman–Crippen MR) is 75.9 cm³/mol. The van der Waals surface area contributed by atoms with Gasteiger partial charge in [-0.1, -0.05) is 0 Å². The summed E-state index contributed by atoms with van der Waals surface area (Å²) in [6.07, 6.45) is -10.3. The van der Waals surface area contributed by atoms with E-state index in [4.69, 9.17) is 10.5 Å². The lowest BCUT2D eigenvalue weighted by molar-refractivity contribution is -0.140. The molecule has 0 unspecified atom stereocenters. The number of aliphatic hydroxyl groups is 1. The van der Waals surface area contributed by atoms with Crippen molar-refractivity contribution in [3.63, 3.8) is 0 Å². The zero-order valence-corrected chi connectivity index (χ0v) is 12.8. The maximum absolute atomic E-state index is 14.2. The molecule has 25 heavy (non-hydrogen) atoms. The number of halogens is 5. The highest BCUT2D eigenvalue weighted by atomic mass is 19.4. The van der Waals surface area contributed by atoms with Gasteiger partial charge in [0.25, 0.3) is 0 Å². The van der Waals surface area contributed by atoms with E-state index in [-0.39, 0.29) is 25.3 Å². The molecule has 0 aliphatic carbocycles. The quantitative estimate of drug-likeness (QED) is 0.501. The number of rotatable bonds is 6. The molecule has 4 N–H and O–H groups in total. The van der Waals surface area contributed by atoms with Crippen molar-refractivity contribution in [3.05, 3.63) is 22.7 Å². The summed E-state index contributed by atoms with van der Waals surface area (Å²) in [7, 11) is 0. The van der Waals surface area contributed by atoms with Crippen molar-refractivity contribution >= 4 is 5.82 Å². The first-order chi connectivity index (χ1) is 11.5. The number of ether oxygens (including phenoxy) is 1. The topological polar surface area (TPSA) is 102 Å². The Hall–Kier alpha value is -1.79. The van der Waals surface area contributed by atoms with Crippen LogP contribution in [0.1, 0.15) is 19.1 Å². The fourth-order valence-electron chi connectivity index (χ4n) is 2.40. The summed E-state index contributed by atoms with van der Waals surface area (Å²) in [6.45, 7) is -0.395. The number of anilines is 1. The zero-order chi connectivity index (χ0) is 18.8. The maximum atomic E-state index is 14.2. The second-order valence-corrected chi connectivity index (χ2v) is 5.61. The molecule has 0 spiro atoms. The minimum absolute atomic E-state index is 0.0916. The van der Waals surface area contributed by atoms with Crippen LogP contribution in [0.2, 0.25) is 0 Å². The van der Waals surface area contributed by atoms with Crippen LogP contribution in [0.4, 0.5) is 27.8 Å². The fraction of sp³-hybridized carbons (Fsp3) is 0.692. The molecule has 142 valence electrons. The molecule has 1 aliphatic heterocycles. The van der Waals surface area contributed by atoms with Gasteiger partial charge in [-0.25, -0.2) is 4.79 Å². The first-order valence-electron chi connectivity index (χ1n) is 7.36. The fourth-order valence-corrected chi connectivity index (χ4v) is 2.40. The lowest BCUT2D eigenvalue weighted by Crippen LogP contribution is -2.43. The molecule has 12 heteroatoms. The number of aliphatic hydroxyl groups excluding tert-OH is 1. The van der Waals surface area contributed by atoms with E-state index in [0.717, 1.165) is 12.3 Å². The largest absolute Gasteiger partial charge is 0.389 e. The Morgan fingerprint density at radius 1 is 1.44 bits per heavy atom. The van der Waals surface area contributed by atoms with Gasteiger partial charge in [0.15, 0.2) is 0 Å². The number of hydrogen-bond donors (Lipinski definition) is 3. The summed E-state index contributed by atoms with van der Waals surface area (Å²) >= 11 is 0. The minimum Gasteiger partial charge on any atom is -0.384 e. The molecule has 0 radical (unpaired) electrons. The number of nitrogens with zero attached hydrogens (tertiary/aromatic N) is 2. The van der Waals surface area contributed by atoms with Gasteiger partial charge in [-0.05, 0) is 19.0 Å². The third-order valence-corrected chi connectivity index (χ3v) is 3.64. The molecule has 0 saturated carbocycles. The monoisotopic (exact) mass is 372 g/mol. The van der Waals surface area contributed by atoms with Crippen molar-refractivity contribution in [1.82, 2.24) is 14.9 Å². The predicted octanol–water partition coefficient (Wildman–Crippen LogP) is 0.651. The summed E-state index contributed by atoms with van der Waals surface area (Å²) in [5.74, 6) is -3.95. The third kappa shape index (κ3) is 4.64. The molecular formula is C13H17F5N4O3. The summed E-state index contributed by atoms with van der Waals surface area (Å²) in [6, 6.07) is 1.12. The van der Waals surface area contributed by atoms with E-state index in [9.17, 15) is 31.9 Å². The van der Waals surface area contributed by atoms with E-state index < -0.39 is 42.6 Å². The van der Waals surface area contributed by atoms with Gasteiger partial charge in [0, 0.05) is 19.2 Å². The van der Waals surface area contributed by atoms with E-state index in [2.05, 4.69) is 10.3 Å². The van der Waals surface area contributed by atoms with Crippen LogP contribution in [-0.4, -0.2) is 52.1 Å². The Morgan fingerprint density at radius 3 is 2.72 bits per heavy atom. The van der Waals surface area contributed by atoms with Gasteiger partial charge < -0.3 is 20.9 Å². The normalized spacial score (nSPS) is 26.1. The molecule has 0 bridgehead atoms. The van der Waals surface area contributed by atoms with Gasteiger partial charge >= 0.3 is 17.8 Å². The van der Waals surface area contributed by atoms with Crippen LogP contribution >= 0.6 is 0 Å². The van der Waals surface area contributed by atoms with Gasteiger partial charge in [0.2, 0.25) is 6.23 Å². The van der Waals surface area contributed by atoms with Crippen LogP contribution in [-0.2, 0) is 4.74 Å². The lowest BCUT2D eigenvalue weighted by Gasteiger charge is -2.20. The summed E-state index contributed by atoms with van der Waals surface area (Å²) in [5, 5.41) is 12.2. The number of nitrogen functional groups attached to an aromatic ring is 1. The van der Waals surface area contributed by atoms with Crippen molar-refractivity contribution in [3.8, 4) is 0 Å². The van der Waals surface area contributed by atoms with Crippen molar-refractivity contribution in [2.45, 2.75) is 43.4 Å². The van der Waals surface area contributed by atoms with E-state index in [1.54, 1.807) is 0 Å². The van der Waals surface area contributed by atoms with E-state index in [1.807, 2.05) is 0 Å². The van der Waals surface area contributed by atoms with Crippen molar-refractivity contribution in [2.24, 2.45) is 0 Å². The second kappa shape index (κ2) is 7.22. The highest BCUT2D eigenvalue weighted by Crippen LogP contribution is 2.41. The first-order valence-corrected chi connectivity index (χ1v) is 7.36. The Morgan fingerprint density at radius 2 is 2.12 bits per heavy atom. The summed E-state index contributed by atoms with van der Waals surface area (Å²) in [4.78, 5) is 15.0. The van der Waals surface area contributed by atoms with E-state index in [0.29, 0.717) is 4.57 Å². The molecule has 1 aliphatic rings. The molecule has 0 aromatic carbocycles. The number of aromatic nitrogens is 2. The van der Waals surface area contributed by atoms with Crippen LogP contribution in [0.25, 0.3) is 0 Å². The van der Waals surface area contributed by atoms with Gasteiger partial charge in [0.05, 0.1) is 0 Å². The first kappa shape index (κ1) is 19.5. The highest BCUT2D eigenvalue weighted by Gasteiger charge is 2.59. The molecule has 2 rings (SSSR count). The Kier molecular flexibility index (Phi) is 5.64. The van der Waals surface area contributed by atoms with Gasteiger partial charge in [-0.15, -0.1) is 0 Å². The second-order valence-electron chi connectivity index (χ2n) is 5.61. The van der Waals surface area contributed by atoms with Crippen LogP contribution in [0.3, 0.4) is 0 Å². The minimum atomic E-state index is -4.30. The number of hydrogen-bond acceptors (Lipinski definition) is 6. The molecule has 1 saturated heterocycles.